The summed E-state index contributed by atoms with van der Waals surface area (Å²) in [6.45, 7) is 6.32. The smallest absolute Gasteiger partial charge is 0.243 e. The van der Waals surface area contributed by atoms with Crippen LogP contribution in [0.25, 0.3) is 0 Å². The topological polar surface area (TPSA) is 49.9 Å². The maximum Gasteiger partial charge on any atom is 0.243 e. The van der Waals surface area contributed by atoms with Gasteiger partial charge in [0.1, 0.15) is 6.73 Å². The predicted molar refractivity (Wildman–Crippen MR) is 116 cm³/mol. The van der Waals surface area contributed by atoms with Crippen molar-refractivity contribution in [3.8, 4) is 0 Å². The number of hydrogen-bond donors (Lipinski definition) is 0. The molecule has 4 rings (SSSR count). The maximum atomic E-state index is 13.1. The van der Waals surface area contributed by atoms with E-state index in [1.165, 1.54) is 0 Å². The summed E-state index contributed by atoms with van der Waals surface area (Å²) in [7, 11) is -3.46. The van der Waals surface area contributed by atoms with E-state index in [4.69, 9.17) is 16.3 Å². The second-order valence-electron chi connectivity index (χ2n) is 8.08. The molecule has 2 aromatic rings. The number of nitrogens with zero attached hydrogens (tertiary/aromatic N) is 2. The van der Waals surface area contributed by atoms with E-state index in [2.05, 4.69) is 18.7 Å². The first-order valence-corrected chi connectivity index (χ1v) is 11.9. The molecule has 0 amide bonds. The minimum atomic E-state index is -3.46. The highest BCUT2D eigenvalue weighted by Gasteiger charge is 2.33. The predicted octanol–water partition coefficient (Wildman–Crippen LogP) is 4.61. The highest BCUT2D eigenvalue weighted by Crippen LogP contribution is 2.33. The molecule has 2 aliphatic heterocycles. The van der Waals surface area contributed by atoms with Crippen LogP contribution in [0.5, 0.6) is 0 Å². The standard InChI is InChI=1S/C22H27ClN2O3S/c1-16(2)17-3-6-21(7-4-17)29(26,27)24-11-9-20(10-12-24)25-15-28-14-18-13-19(23)5-8-22(18)25/h3-8,13,16,20H,9-12,14-15H2,1-2H3. The van der Waals surface area contributed by atoms with Crippen LogP contribution in [0.2, 0.25) is 5.02 Å². The van der Waals surface area contributed by atoms with Crippen molar-refractivity contribution >= 4 is 27.3 Å². The molecule has 0 saturated carbocycles. The van der Waals surface area contributed by atoms with Gasteiger partial charge in [0.15, 0.2) is 0 Å². The van der Waals surface area contributed by atoms with Gasteiger partial charge >= 0.3 is 0 Å². The summed E-state index contributed by atoms with van der Waals surface area (Å²) in [5.74, 6) is 0.381. The van der Waals surface area contributed by atoms with Crippen LogP contribution < -0.4 is 4.90 Å². The fourth-order valence-corrected chi connectivity index (χ4v) is 5.81. The SMILES string of the molecule is CC(C)c1ccc(S(=O)(=O)N2CCC(N3COCc4cc(Cl)ccc43)CC2)cc1. The van der Waals surface area contributed by atoms with E-state index in [1.54, 1.807) is 16.4 Å². The van der Waals surface area contributed by atoms with Gasteiger partial charge in [0.25, 0.3) is 0 Å². The summed E-state index contributed by atoms with van der Waals surface area (Å²) < 4.78 is 33.5. The second-order valence-corrected chi connectivity index (χ2v) is 10.5. The maximum absolute atomic E-state index is 13.1. The van der Waals surface area contributed by atoms with E-state index in [1.807, 2.05) is 30.3 Å². The molecule has 2 heterocycles. The summed E-state index contributed by atoms with van der Waals surface area (Å²) in [5, 5.41) is 0.707. The van der Waals surface area contributed by atoms with E-state index in [9.17, 15) is 8.42 Å². The van der Waals surface area contributed by atoms with Gasteiger partial charge in [-0.05, 0) is 54.7 Å². The Morgan fingerprint density at radius 1 is 1.07 bits per heavy atom. The molecular formula is C22H27ClN2O3S. The molecule has 29 heavy (non-hydrogen) atoms. The Hall–Kier alpha value is -1.60. The second kappa shape index (κ2) is 8.26. The average molecular weight is 435 g/mol. The summed E-state index contributed by atoms with van der Waals surface area (Å²) in [5.41, 5.74) is 3.38. The van der Waals surface area contributed by atoms with Gasteiger partial charge in [-0.1, -0.05) is 37.6 Å². The summed E-state index contributed by atoms with van der Waals surface area (Å²) >= 11 is 6.12. The van der Waals surface area contributed by atoms with Crippen LogP contribution in [0.4, 0.5) is 5.69 Å². The van der Waals surface area contributed by atoms with Crippen molar-refractivity contribution in [2.24, 2.45) is 0 Å². The lowest BCUT2D eigenvalue weighted by Crippen LogP contribution is -2.48. The molecule has 0 radical (unpaired) electrons. The number of ether oxygens (including phenoxy) is 1. The first-order chi connectivity index (χ1) is 13.9. The molecule has 5 nitrogen and oxygen atoms in total. The van der Waals surface area contributed by atoms with Gasteiger partial charge in [-0.15, -0.1) is 0 Å². The highest BCUT2D eigenvalue weighted by atomic mass is 35.5. The van der Waals surface area contributed by atoms with Crippen LogP contribution >= 0.6 is 11.6 Å². The normalized spacial score (nSPS) is 18.8. The zero-order valence-electron chi connectivity index (χ0n) is 16.8. The van der Waals surface area contributed by atoms with Crippen LogP contribution in [0.3, 0.4) is 0 Å². The molecule has 7 heteroatoms. The molecule has 0 aromatic heterocycles. The zero-order valence-corrected chi connectivity index (χ0v) is 18.4. The number of hydrogen-bond acceptors (Lipinski definition) is 4. The number of fused-ring (bicyclic) bond motifs is 1. The van der Waals surface area contributed by atoms with Crippen molar-refractivity contribution in [1.29, 1.82) is 0 Å². The fraction of sp³-hybridized carbons (Fsp3) is 0.455. The molecule has 1 saturated heterocycles. The summed E-state index contributed by atoms with van der Waals surface area (Å²) in [4.78, 5) is 2.62. The van der Waals surface area contributed by atoms with Crippen molar-refractivity contribution in [1.82, 2.24) is 4.31 Å². The van der Waals surface area contributed by atoms with Gasteiger partial charge in [0, 0.05) is 35.4 Å². The molecule has 0 aliphatic carbocycles. The number of sulfonamides is 1. The minimum Gasteiger partial charge on any atom is -0.356 e. The summed E-state index contributed by atoms with van der Waals surface area (Å²) in [6, 6.07) is 13.4. The third kappa shape index (κ3) is 4.17. The number of rotatable bonds is 4. The number of piperidine rings is 1. The number of benzene rings is 2. The van der Waals surface area contributed by atoms with Crippen molar-refractivity contribution in [3.63, 3.8) is 0 Å². The molecule has 0 N–H and O–H groups in total. The Bertz CT molecular complexity index is 968. The zero-order chi connectivity index (χ0) is 20.6. The molecule has 2 aromatic carbocycles. The van der Waals surface area contributed by atoms with Crippen molar-refractivity contribution in [2.75, 3.05) is 24.7 Å². The van der Waals surface area contributed by atoms with Crippen molar-refractivity contribution in [2.45, 2.75) is 50.2 Å². The average Bonchev–Trinajstić information content (AvgIpc) is 2.73. The Labute approximate surface area is 178 Å². The Morgan fingerprint density at radius 2 is 1.76 bits per heavy atom. The number of halogens is 1. The molecule has 1 fully saturated rings. The minimum absolute atomic E-state index is 0.255. The van der Waals surface area contributed by atoms with Gasteiger partial charge in [-0.2, -0.15) is 4.31 Å². The Morgan fingerprint density at radius 3 is 2.41 bits per heavy atom. The van der Waals surface area contributed by atoms with Crippen LogP contribution in [0, 0.1) is 0 Å². The third-order valence-electron chi connectivity index (χ3n) is 5.89. The fourth-order valence-electron chi connectivity index (χ4n) is 4.14. The van der Waals surface area contributed by atoms with E-state index >= 15 is 0 Å². The first kappa shape index (κ1) is 20.7. The summed E-state index contributed by atoms with van der Waals surface area (Å²) in [6.07, 6.45) is 1.55. The van der Waals surface area contributed by atoms with Crippen LogP contribution in [0.15, 0.2) is 47.4 Å². The molecular weight excluding hydrogens is 408 g/mol. The first-order valence-electron chi connectivity index (χ1n) is 10.1. The largest absolute Gasteiger partial charge is 0.356 e. The van der Waals surface area contributed by atoms with E-state index in [0.717, 1.165) is 29.7 Å². The molecule has 0 unspecified atom stereocenters. The lowest BCUT2D eigenvalue weighted by Gasteiger charge is -2.41. The lowest BCUT2D eigenvalue weighted by atomic mass is 10.0. The Kier molecular flexibility index (Phi) is 5.89. The Balaban J connectivity index is 1.46. The van der Waals surface area contributed by atoms with Crippen LogP contribution in [-0.2, 0) is 21.4 Å². The van der Waals surface area contributed by atoms with Crippen molar-refractivity contribution in [3.05, 3.63) is 58.6 Å². The third-order valence-corrected chi connectivity index (χ3v) is 8.04. The van der Waals surface area contributed by atoms with Gasteiger partial charge in [-0.25, -0.2) is 8.42 Å². The number of anilines is 1. The molecule has 0 bridgehead atoms. The molecule has 2 aliphatic rings. The van der Waals surface area contributed by atoms with Crippen molar-refractivity contribution < 1.29 is 13.2 Å². The van der Waals surface area contributed by atoms with E-state index < -0.39 is 10.0 Å². The molecule has 0 atom stereocenters. The van der Waals surface area contributed by atoms with Gasteiger partial charge in [0.05, 0.1) is 11.5 Å². The van der Waals surface area contributed by atoms with E-state index in [-0.39, 0.29) is 6.04 Å². The van der Waals surface area contributed by atoms with Crippen LogP contribution in [0.1, 0.15) is 43.7 Å². The van der Waals surface area contributed by atoms with Gasteiger partial charge in [-0.3, -0.25) is 0 Å². The van der Waals surface area contributed by atoms with E-state index in [0.29, 0.717) is 42.3 Å². The van der Waals surface area contributed by atoms with Gasteiger partial charge < -0.3 is 9.64 Å². The van der Waals surface area contributed by atoms with Gasteiger partial charge in [0.2, 0.25) is 10.0 Å². The molecule has 156 valence electrons. The highest BCUT2D eigenvalue weighted by molar-refractivity contribution is 7.89. The lowest BCUT2D eigenvalue weighted by molar-refractivity contribution is 0.0988. The van der Waals surface area contributed by atoms with Crippen LogP contribution in [-0.4, -0.2) is 38.6 Å². The molecule has 0 spiro atoms. The monoisotopic (exact) mass is 434 g/mol. The quantitative estimate of drug-likeness (QED) is 0.705.